The van der Waals surface area contributed by atoms with Crippen molar-refractivity contribution in [1.82, 2.24) is 4.90 Å². The van der Waals surface area contributed by atoms with Gasteiger partial charge in [0.15, 0.2) is 0 Å². The molecule has 18 heavy (non-hydrogen) atoms. The van der Waals surface area contributed by atoms with Gasteiger partial charge in [-0.2, -0.15) is 0 Å². The predicted octanol–water partition coefficient (Wildman–Crippen LogP) is 3.63. The van der Waals surface area contributed by atoms with Crippen molar-refractivity contribution in [1.29, 1.82) is 0 Å². The van der Waals surface area contributed by atoms with Gasteiger partial charge in [0.2, 0.25) is 0 Å². The topological polar surface area (TPSA) is 15.3 Å². The first-order chi connectivity index (χ1) is 8.63. The largest absolute Gasteiger partial charge is 0.381 e. The van der Waals surface area contributed by atoms with Crippen LogP contribution in [0.3, 0.4) is 0 Å². The summed E-state index contributed by atoms with van der Waals surface area (Å²) in [5, 5.41) is 3.50. The van der Waals surface area contributed by atoms with Crippen LogP contribution in [0, 0.1) is 5.82 Å². The van der Waals surface area contributed by atoms with E-state index in [2.05, 4.69) is 33.2 Å². The fraction of sp³-hybridized carbons (Fsp3) is 0.571. The highest BCUT2D eigenvalue weighted by atomic mass is 79.9. The molecule has 1 N–H and O–H groups in total. The Bertz CT molecular complexity index is 437. The number of nitrogens with zero attached hydrogens (tertiary/aromatic N) is 1. The van der Waals surface area contributed by atoms with Crippen LogP contribution in [0.25, 0.3) is 0 Å². The van der Waals surface area contributed by atoms with Gasteiger partial charge in [-0.3, -0.25) is 0 Å². The van der Waals surface area contributed by atoms with Crippen LogP contribution in [-0.2, 0) is 0 Å². The van der Waals surface area contributed by atoms with E-state index in [9.17, 15) is 4.39 Å². The zero-order chi connectivity index (χ0) is 12.7. The number of benzene rings is 1. The molecule has 0 radical (unpaired) electrons. The van der Waals surface area contributed by atoms with E-state index in [4.69, 9.17) is 0 Å². The summed E-state index contributed by atoms with van der Waals surface area (Å²) >= 11 is 3.48. The number of anilines is 1. The van der Waals surface area contributed by atoms with Gasteiger partial charge in [0, 0.05) is 22.6 Å². The summed E-state index contributed by atoms with van der Waals surface area (Å²) in [5.41, 5.74) is 0.879. The lowest BCUT2D eigenvalue weighted by Crippen LogP contribution is -2.44. The summed E-state index contributed by atoms with van der Waals surface area (Å²) in [6.07, 6.45) is 4.94. The minimum Gasteiger partial charge on any atom is -0.381 e. The van der Waals surface area contributed by atoms with Gasteiger partial charge in [0.05, 0.1) is 5.69 Å². The first-order valence-electron chi connectivity index (χ1n) is 6.57. The smallest absolute Gasteiger partial charge is 0.125 e. The third-order valence-electron chi connectivity index (χ3n) is 4.39. The van der Waals surface area contributed by atoms with Crippen LogP contribution in [0.2, 0.25) is 0 Å². The molecule has 0 amide bonds. The molecule has 0 aliphatic carbocycles. The van der Waals surface area contributed by atoms with Crippen molar-refractivity contribution in [2.45, 2.75) is 43.8 Å². The van der Waals surface area contributed by atoms with Gasteiger partial charge in [0.1, 0.15) is 5.82 Å². The summed E-state index contributed by atoms with van der Waals surface area (Å²) < 4.78 is 14.2. The molecule has 2 heterocycles. The highest BCUT2D eigenvalue weighted by molar-refractivity contribution is 9.10. The average molecular weight is 313 g/mol. The van der Waals surface area contributed by atoms with Crippen LogP contribution < -0.4 is 5.32 Å². The monoisotopic (exact) mass is 312 g/mol. The maximum Gasteiger partial charge on any atom is 0.125 e. The maximum atomic E-state index is 13.3. The zero-order valence-electron chi connectivity index (χ0n) is 10.5. The molecule has 4 heteroatoms. The summed E-state index contributed by atoms with van der Waals surface area (Å²) in [4.78, 5) is 2.51. The molecule has 3 rings (SSSR count). The Morgan fingerprint density at radius 2 is 1.94 bits per heavy atom. The van der Waals surface area contributed by atoms with Crippen molar-refractivity contribution in [3.8, 4) is 0 Å². The van der Waals surface area contributed by atoms with Crippen LogP contribution in [0.1, 0.15) is 25.7 Å². The molecular formula is C14H18BrFN2. The Hall–Kier alpha value is -0.610. The summed E-state index contributed by atoms with van der Waals surface area (Å²) in [6.45, 7) is 0. The molecule has 2 bridgehead atoms. The lowest BCUT2D eigenvalue weighted by molar-refractivity contribution is 0.169. The molecule has 0 spiro atoms. The Labute approximate surface area is 116 Å². The number of rotatable bonds is 2. The first kappa shape index (κ1) is 12.4. The number of fused-ring (bicyclic) bond motifs is 2. The van der Waals surface area contributed by atoms with E-state index in [0.717, 1.165) is 23.0 Å². The normalized spacial score (nSPS) is 31.6. The molecule has 2 aliphatic rings. The highest BCUT2D eigenvalue weighted by Crippen LogP contribution is 2.36. The molecule has 0 saturated carbocycles. The Kier molecular flexibility index (Phi) is 3.32. The first-order valence-corrected chi connectivity index (χ1v) is 7.36. The second kappa shape index (κ2) is 4.82. The lowest BCUT2D eigenvalue weighted by atomic mass is 9.98. The SMILES string of the molecule is CN1C2CCC1CC(Nc1cc(F)ccc1Br)C2. The summed E-state index contributed by atoms with van der Waals surface area (Å²) in [6, 6.07) is 6.69. The second-order valence-electron chi connectivity index (χ2n) is 5.49. The van der Waals surface area contributed by atoms with Crippen molar-refractivity contribution in [2.24, 2.45) is 0 Å². The molecule has 2 saturated heterocycles. The molecule has 1 aromatic carbocycles. The number of hydrogen-bond acceptors (Lipinski definition) is 2. The number of hydrogen-bond donors (Lipinski definition) is 1. The third-order valence-corrected chi connectivity index (χ3v) is 5.08. The summed E-state index contributed by atoms with van der Waals surface area (Å²) in [5.74, 6) is -0.184. The van der Waals surface area contributed by atoms with Gasteiger partial charge in [-0.25, -0.2) is 4.39 Å². The zero-order valence-corrected chi connectivity index (χ0v) is 12.1. The number of nitrogens with one attached hydrogen (secondary N) is 1. The van der Waals surface area contributed by atoms with Crippen molar-refractivity contribution in [2.75, 3.05) is 12.4 Å². The molecule has 2 unspecified atom stereocenters. The molecular weight excluding hydrogens is 295 g/mol. The van der Waals surface area contributed by atoms with Crippen LogP contribution in [0.15, 0.2) is 22.7 Å². The molecule has 2 fully saturated rings. The van der Waals surface area contributed by atoms with Crippen molar-refractivity contribution in [3.63, 3.8) is 0 Å². The van der Waals surface area contributed by atoms with Gasteiger partial charge in [-0.05, 0) is 66.9 Å². The van der Waals surface area contributed by atoms with Crippen LogP contribution in [0.4, 0.5) is 10.1 Å². The molecule has 2 nitrogen and oxygen atoms in total. The third kappa shape index (κ3) is 2.28. The number of piperidine rings is 1. The highest BCUT2D eigenvalue weighted by Gasteiger charge is 2.38. The van der Waals surface area contributed by atoms with E-state index in [1.807, 2.05) is 0 Å². The summed E-state index contributed by atoms with van der Waals surface area (Å²) in [7, 11) is 2.23. The van der Waals surface area contributed by atoms with Crippen molar-refractivity contribution < 1.29 is 4.39 Å². The van der Waals surface area contributed by atoms with Gasteiger partial charge in [0.25, 0.3) is 0 Å². The fourth-order valence-electron chi connectivity index (χ4n) is 3.36. The van der Waals surface area contributed by atoms with Gasteiger partial charge in [-0.15, -0.1) is 0 Å². The Balaban J connectivity index is 1.72. The molecule has 0 aromatic heterocycles. The van der Waals surface area contributed by atoms with E-state index >= 15 is 0 Å². The number of halogens is 2. The second-order valence-corrected chi connectivity index (χ2v) is 6.34. The van der Waals surface area contributed by atoms with Crippen LogP contribution in [0.5, 0.6) is 0 Å². The molecule has 98 valence electrons. The van der Waals surface area contributed by atoms with Crippen LogP contribution in [-0.4, -0.2) is 30.1 Å². The minimum atomic E-state index is -0.184. The lowest BCUT2D eigenvalue weighted by Gasteiger charge is -2.37. The quantitative estimate of drug-likeness (QED) is 0.897. The van der Waals surface area contributed by atoms with Gasteiger partial charge in [-0.1, -0.05) is 0 Å². The van der Waals surface area contributed by atoms with Gasteiger partial charge >= 0.3 is 0 Å². The van der Waals surface area contributed by atoms with Crippen LogP contribution >= 0.6 is 15.9 Å². The van der Waals surface area contributed by atoms with Crippen molar-refractivity contribution >= 4 is 21.6 Å². The van der Waals surface area contributed by atoms with E-state index in [1.165, 1.54) is 18.9 Å². The maximum absolute atomic E-state index is 13.3. The Morgan fingerprint density at radius 3 is 2.61 bits per heavy atom. The Morgan fingerprint density at radius 1 is 1.28 bits per heavy atom. The molecule has 2 aliphatic heterocycles. The van der Waals surface area contributed by atoms with E-state index in [-0.39, 0.29) is 5.82 Å². The predicted molar refractivity (Wildman–Crippen MR) is 75.3 cm³/mol. The van der Waals surface area contributed by atoms with E-state index in [1.54, 1.807) is 12.1 Å². The average Bonchev–Trinajstić information content (AvgIpc) is 2.58. The van der Waals surface area contributed by atoms with Crippen molar-refractivity contribution in [3.05, 3.63) is 28.5 Å². The minimum absolute atomic E-state index is 0.184. The molecule has 2 atom stereocenters. The molecule has 1 aromatic rings. The standard InChI is InChI=1S/C14H18BrFN2/c1-18-11-3-4-12(18)8-10(7-11)17-14-6-9(16)2-5-13(14)15/h2,5-6,10-12,17H,3-4,7-8H2,1H3. The van der Waals surface area contributed by atoms with E-state index < -0.39 is 0 Å². The fourth-order valence-corrected chi connectivity index (χ4v) is 3.72. The van der Waals surface area contributed by atoms with Gasteiger partial charge < -0.3 is 10.2 Å². The van der Waals surface area contributed by atoms with E-state index in [0.29, 0.717) is 18.1 Å².